The fraction of sp³-hybridized carbons (Fsp3) is 0.316. The van der Waals surface area contributed by atoms with Crippen LogP contribution >= 0.6 is 11.6 Å². The second-order valence-electron chi connectivity index (χ2n) is 12.5. The molecule has 1 saturated heterocycles. The van der Waals surface area contributed by atoms with E-state index in [4.69, 9.17) is 29.5 Å². The third kappa shape index (κ3) is 8.66. The maximum Gasteiger partial charge on any atom is 0.238 e. The Morgan fingerprint density at radius 2 is 1.43 bits per heavy atom. The molecule has 6 aromatic rings. The molecule has 274 valence electrons. The first kappa shape index (κ1) is 37.5. The molecule has 0 radical (unpaired) electrons. The van der Waals surface area contributed by atoms with Gasteiger partial charge in [-0.25, -0.2) is 29.6 Å². The van der Waals surface area contributed by atoms with Crippen molar-refractivity contribution >= 4 is 68.2 Å². The van der Waals surface area contributed by atoms with Crippen molar-refractivity contribution in [3.63, 3.8) is 0 Å². The van der Waals surface area contributed by atoms with E-state index in [9.17, 15) is 9.59 Å². The number of rotatable bonds is 5. The van der Waals surface area contributed by atoms with Gasteiger partial charge in [0.25, 0.3) is 0 Å². The Kier molecular flexibility index (Phi) is 12.1. The molecule has 2 amide bonds. The van der Waals surface area contributed by atoms with Gasteiger partial charge in [0.1, 0.15) is 23.7 Å². The summed E-state index contributed by atoms with van der Waals surface area (Å²) in [4.78, 5) is 46.7. The van der Waals surface area contributed by atoms with Gasteiger partial charge in [0.15, 0.2) is 22.7 Å². The van der Waals surface area contributed by atoms with Crippen LogP contribution in [0.5, 0.6) is 0 Å². The maximum absolute atomic E-state index is 12.5. The lowest BCUT2D eigenvalue weighted by atomic mass is 9.95. The minimum Gasteiger partial charge on any atom is -0.381 e. The SMILES string of the molecule is C1CCOC1.CCCn1cc2c(Cl)ncnc2n1.[C-]#[N+]c1ccc2c(c1)C(c1ncnc3nn(CCC)cc13)C(=O)N2.[C-]#[N+]c1ccc2c(c1)CC(=O)N2. The average Bonchev–Trinajstić information content (AvgIpc) is 4.02. The van der Waals surface area contributed by atoms with Crippen LogP contribution in [-0.2, 0) is 33.8 Å². The average molecular weight is 745 g/mol. The van der Waals surface area contributed by atoms with Crippen molar-refractivity contribution in [2.75, 3.05) is 23.8 Å². The van der Waals surface area contributed by atoms with E-state index in [1.165, 1.54) is 25.5 Å². The van der Waals surface area contributed by atoms with E-state index in [-0.39, 0.29) is 11.8 Å². The zero-order chi connectivity index (χ0) is 38.0. The molecule has 0 saturated carbocycles. The number of nitrogens with one attached hydrogen (secondary N) is 2. The molecule has 2 N–H and O–H groups in total. The number of fused-ring (bicyclic) bond motifs is 4. The van der Waals surface area contributed by atoms with Gasteiger partial charge in [-0.05, 0) is 48.9 Å². The molecule has 0 bridgehead atoms. The van der Waals surface area contributed by atoms with Crippen molar-refractivity contribution < 1.29 is 14.3 Å². The number of carbonyl (C=O) groups is 2. The highest BCUT2D eigenvalue weighted by atomic mass is 35.5. The smallest absolute Gasteiger partial charge is 0.238 e. The molecule has 2 aromatic carbocycles. The van der Waals surface area contributed by atoms with Crippen LogP contribution in [0.3, 0.4) is 0 Å². The summed E-state index contributed by atoms with van der Waals surface area (Å²) in [5.41, 5.74) is 6.22. The number of amides is 2. The number of aryl methyl sites for hydroxylation is 2. The molecule has 1 atom stereocenters. The molecule has 1 fully saturated rings. The number of anilines is 2. The molecule has 4 aromatic heterocycles. The van der Waals surface area contributed by atoms with Crippen molar-refractivity contribution in [3.8, 4) is 0 Å². The molecule has 15 nitrogen and oxygen atoms in total. The van der Waals surface area contributed by atoms with Crippen molar-refractivity contribution in [2.45, 2.75) is 65.0 Å². The Morgan fingerprint density at radius 3 is 2.04 bits per heavy atom. The Balaban J connectivity index is 0.000000139. The van der Waals surface area contributed by atoms with Crippen LogP contribution in [0.4, 0.5) is 22.7 Å². The van der Waals surface area contributed by atoms with Gasteiger partial charge >= 0.3 is 0 Å². The van der Waals surface area contributed by atoms with Gasteiger partial charge in [0.2, 0.25) is 11.8 Å². The van der Waals surface area contributed by atoms with E-state index >= 15 is 0 Å². The maximum atomic E-state index is 12.5. The number of carbonyl (C=O) groups excluding carboxylic acids is 2. The van der Waals surface area contributed by atoms with Crippen LogP contribution in [0.25, 0.3) is 31.8 Å². The molecule has 1 unspecified atom stereocenters. The predicted molar refractivity (Wildman–Crippen MR) is 205 cm³/mol. The van der Waals surface area contributed by atoms with Crippen LogP contribution in [0.1, 0.15) is 62.3 Å². The first-order valence-corrected chi connectivity index (χ1v) is 17.9. The quantitative estimate of drug-likeness (QED) is 0.136. The summed E-state index contributed by atoms with van der Waals surface area (Å²) < 4.78 is 8.61. The van der Waals surface area contributed by atoms with Gasteiger partial charge in [0.05, 0.1) is 36.0 Å². The third-order valence-electron chi connectivity index (χ3n) is 8.56. The fourth-order valence-corrected chi connectivity index (χ4v) is 6.24. The van der Waals surface area contributed by atoms with Crippen molar-refractivity contribution in [1.29, 1.82) is 0 Å². The van der Waals surface area contributed by atoms with E-state index < -0.39 is 5.92 Å². The monoisotopic (exact) mass is 744 g/mol. The zero-order valence-electron chi connectivity index (χ0n) is 29.8. The number of nitrogens with zero attached hydrogens (tertiary/aromatic N) is 10. The highest BCUT2D eigenvalue weighted by molar-refractivity contribution is 6.33. The topological polar surface area (TPSA) is 163 Å². The van der Waals surface area contributed by atoms with E-state index in [0.717, 1.165) is 72.4 Å². The van der Waals surface area contributed by atoms with Gasteiger partial charge in [-0.3, -0.25) is 19.0 Å². The summed E-state index contributed by atoms with van der Waals surface area (Å²) in [5, 5.41) is 16.3. The van der Waals surface area contributed by atoms with Crippen LogP contribution in [0.2, 0.25) is 5.15 Å². The first-order chi connectivity index (χ1) is 26.3. The van der Waals surface area contributed by atoms with E-state index in [2.05, 4.69) is 64.3 Å². The van der Waals surface area contributed by atoms with Crippen molar-refractivity contribution in [2.24, 2.45) is 0 Å². The molecule has 3 aliphatic rings. The van der Waals surface area contributed by atoms with Gasteiger partial charge in [-0.1, -0.05) is 49.7 Å². The lowest BCUT2D eigenvalue weighted by Gasteiger charge is -2.09. The van der Waals surface area contributed by atoms with Crippen LogP contribution in [-0.4, -0.2) is 64.5 Å². The van der Waals surface area contributed by atoms with Gasteiger partial charge < -0.3 is 15.4 Å². The lowest BCUT2D eigenvalue weighted by Crippen LogP contribution is -2.14. The van der Waals surface area contributed by atoms with Gasteiger partial charge in [-0.2, -0.15) is 10.2 Å². The third-order valence-corrected chi connectivity index (χ3v) is 8.86. The largest absolute Gasteiger partial charge is 0.381 e. The van der Waals surface area contributed by atoms with Crippen molar-refractivity contribution in [1.82, 2.24) is 39.5 Å². The molecular formula is C38H37ClN12O3. The standard InChI is InChI=1S/C17H14N6O.C9H6N2O.C8H9ClN4.C4H8O/c1-3-6-23-8-12-15(19-9-20-16(12)22-23)14-11-7-10(18-2)4-5-13(11)21-17(14)24;1-10-7-2-3-8-6(4-7)5-9(12)11-8;1-2-3-13-4-6-7(9)10-5-11-8(6)12-13;1-2-4-5-3-1/h4-5,7-9,14H,3,6H2,1H3,(H,21,24);2-4H,5H2,(H,11,12);4-5H,2-3H2,1H3;1-4H2. The lowest BCUT2D eigenvalue weighted by molar-refractivity contribution is -0.116. The molecule has 0 spiro atoms. The summed E-state index contributed by atoms with van der Waals surface area (Å²) in [6, 6.07) is 10.4. The van der Waals surface area contributed by atoms with Gasteiger partial charge in [0, 0.05) is 50.1 Å². The highest BCUT2D eigenvalue weighted by Crippen LogP contribution is 2.40. The molecule has 54 heavy (non-hydrogen) atoms. The predicted octanol–water partition coefficient (Wildman–Crippen LogP) is 7.29. The number of halogens is 1. The second-order valence-corrected chi connectivity index (χ2v) is 12.8. The Hall–Kier alpha value is -6.29. The summed E-state index contributed by atoms with van der Waals surface area (Å²) >= 11 is 5.87. The Labute approximate surface area is 316 Å². The van der Waals surface area contributed by atoms with E-state index in [0.29, 0.717) is 39.9 Å². The molecule has 0 aliphatic carbocycles. The summed E-state index contributed by atoms with van der Waals surface area (Å²) in [7, 11) is 0. The van der Waals surface area contributed by atoms with Gasteiger partial charge in [-0.15, -0.1) is 0 Å². The highest BCUT2D eigenvalue weighted by Gasteiger charge is 2.35. The summed E-state index contributed by atoms with van der Waals surface area (Å²) in [6.07, 6.45) is 11.6. The minimum atomic E-state index is -0.550. The van der Waals surface area contributed by atoms with Crippen LogP contribution < -0.4 is 10.6 Å². The molecule has 3 aliphatic heterocycles. The molecular weight excluding hydrogens is 708 g/mol. The minimum absolute atomic E-state index is 0.00660. The first-order valence-electron chi connectivity index (χ1n) is 17.5. The van der Waals surface area contributed by atoms with E-state index in [1.807, 2.05) is 21.8 Å². The number of hydrogen-bond acceptors (Lipinski definition) is 9. The van der Waals surface area contributed by atoms with E-state index in [1.54, 1.807) is 36.4 Å². The molecule has 9 rings (SSSR count). The molecule has 16 heteroatoms. The second kappa shape index (κ2) is 17.5. The Morgan fingerprint density at radius 1 is 0.815 bits per heavy atom. The Bertz CT molecular complexity index is 2380. The van der Waals surface area contributed by atoms with Crippen LogP contribution in [0, 0.1) is 13.1 Å². The summed E-state index contributed by atoms with van der Waals surface area (Å²) in [6.45, 7) is 21.8. The number of hydrogen-bond donors (Lipinski definition) is 2. The number of aromatic nitrogens is 8. The summed E-state index contributed by atoms with van der Waals surface area (Å²) in [5.74, 6) is -0.686. The molecule has 7 heterocycles. The van der Waals surface area contributed by atoms with Crippen molar-refractivity contribution in [3.05, 3.63) is 106 Å². The fourth-order valence-electron chi connectivity index (χ4n) is 6.06. The number of ether oxygens (including phenoxy) is 1. The van der Waals surface area contributed by atoms with Crippen LogP contribution in [0.15, 0.2) is 61.4 Å². The number of benzene rings is 2. The normalized spacial score (nSPS) is 14.9. The zero-order valence-corrected chi connectivity index (χ0v) is 30.5.